The molecule has 0 radical (unpaired) electrons. The average molecular weight is 254 g/mol. The minimum atomic E-state index is -0.0818. The van der Waals surface area contributed by atoms with E-state index in [1.165, 1.54) is 5.56 Å². The lowest BCUT2D eigenvalue weighted by Crippen LogP contribution is -2.12. The highest BCUT2D eigenvalue weighted by molar-refractivity contribution is 5.35. The number of pyridine rings is 1. The van der Waals surface area contributed by atoms with Gasteiger partial charge in [0.2, 0.25) is 0 Å². The van der Waals surface area contributed by atoms with Gasteiger partial charge in [0, 0.05) is 11.4 Å². The van der Waals surface area contributed by atoms with Crippen molar-refractivity contribution >= 4 is 0 Å². The van der Waals surface area contributed by atoms with Crippen LogP contribution in [0.4, 0.5) is 0 Å². The van der Waals surface area contributed by atoms with E-state index in [9.17, 15) is 0 Å². The first-order chi connectivity index (χ1) is 8.97. The topological polar surface area (TPSA) is 38.9 Å². The van der Waals surface area contributed by atoms with Crippen molar-refractivity contribution in [1.82, 2.24) is 4.98 Å². The standard InChI is InChI=1S/C17H22N2/c1-11(2)14-5-7-15(8-6-14)17(18)16-9-12(3)19-13(4)10-16/h5-11,17H,18H2,1-4H3. The van der Waals surface area contributed by atoms with Crippen molar-refractivity contribution in [1.29, 1.82) is 0 Å². The summed E-state index contributed by atoms with van der Waals surface area (Å²) >= 11 is 0. The van der Waals surface area contributed by atoms with Crippen molar-refractivity contribution in [2.45, 2.75) is 39.7 Å². The Bertz CT molecular complexity index is 536. The van der Waals surface area contributed by atoms with Gasteiger partial charge < -0.3 is 5.73 Å². The maximum Gasteiger partial charge on any atom is 0.0552 e. The minimum absolute atomic E-state index is 0.0818. The highest BCUT2D eigenvalue weighted by Crippen LogP contribution is 2.23. The fraction of sp³-hybridized carbons (Fsp3) is 0.353. The summed E-state index contributed by atoms with van der Waals surface area (Å²) in [6.07, 6.45) is 0. The second-order valence-corrected chi connectivity index (χ2v) is 5.48. The summed E-state index contributed by atoms with van der Waals surface area (Å²) in [5.74, 6) is 0.552. The second kappa shape index (κ2) is 5.54. The van der Waals surface area contributed by atoms with Crippen LogP contribution in [-0.2, 0) is 0 Å². The molecule has 0 saturated carbocycles. The van der Waals surface area contributed by atoms with E-state index < -0.39 is 0 Å². The molecule has 0 spiro atoms. The van der Waals surface area contributed by atoms with Crippen LogP contribution in [0.3, 0.4) is 0 Å². The smallest absolute Gasteiger partial charge is 0.0552 e. The maximum atomic E-state index is 6.35. The number of hydrogen-bond donors (Lipinski definition) is 1. The van der Waals surface area contributed by atoms with E-state index in [0.717, 1.165) is 22.5 Å². The van der Waals surface area contributed by atoms with Gasteiger partial charge >= 0.3 is 0 Å². The molecule has 1 aromatic carbocycles. The quantitative estimate of drug-likeness (QED) is 0.903. The van der Waals surface area contributed by atoms with E-state index in [-0.39, 0.29) is 6.04 Å². The molecule has 2 aromatic rings. The van der Waals surface area contributed by atoms with Gasteiger partial charge in [0.1, 0.15) is 0 Å². The third-order valence-electron chi connectivity index (χ3n) is 3.43. The molecule has 0 bridgehead atoms. The Hall–Kier alpha value is -1.67. The molecule has 0 saturated heterocycles. The lowest BCUT2D eigenvalue weighted by molar-refractivity contribution is 0.842. The maximum absolute atomic E-state index is 6.35. The van der Waals surface area contributed by atoms with Crippen LogP contribution in [-0.4, -0.2) is 4.98 Å². The second-order valence-electron chi connectivity index (χ2n) is 5.48. The van der Waals surface area contributed by atoms with Gasteiger partial charge in [0.25, 0.3) is 0 Å². The summed E-state index contributed by atoms with van der Waals surface area (Å²) in [5.41, 5.74) is 12.0. The molecular formula is C17H22N2. The number of aryl methyl sites for hydroxylation is 2. The summed E-state index contributed by atoms with van der Waals surface area (Å²) in [6, 6.07) is 12.6. The predicted molar refractivity (Wildman–Crippen MR) is 80.3 cm³/mol. The summed E-state index contributed by atoms with van der Waals surface area (Å²) in [7, 11) is 0. The first-order valence-corrected chi connectivity index (χ1v) is 6.78. The van der Waals surface area contributed by atoms with Crippen LogP contribution in [0.25, 0.3) is 0 Å². The molecule has 2 heteroatoms. The largest absolute Gasteiger partial charge is 0.320 e. The van der Waals surface area contributed by atoms with Crippen LogP contribution in [0.1, 0.15) is 53.9 Å². The first kappa shape index (κ1) is 13.8. The van der Waals surface area contributed by atoms with E-state index in [0.29, 0.717) is 5.92 Å². The summed E-state index contributed by atoms with van der Waals surface area (Å²) in [6.45, 7) is 8.41. The summed E-state index contributed by atoms with van der Waals surface area (Å²) in [5, 5.41) is 0. The highest BCUT2D eigenvalue weighted by Gasteiger charge is 2.10. The minimum Gasteiger partial charge on any atom is -0.320 e. The Kier molecular flexibility index (Phi) is 4.01. The van der Waals surface area contributed by atoms with Crippen LogP contribution < -0.4 is 5.73 Å². The molecule has 1 aromatic heterocycles. The van der Waals surface area contributed by atoms with Crippen LogP contribution >= 0.6 is 0 Å². The van der Waals surface area contributed by atoms with Crippen LogP contribution in [0.2, 0.25) is 0 Å². The Balaban J connectivity index is 2.30. The molecule has 0 aliphatic heterocycles. The molecule has 1 atom stereocenters. The van der Waals surface area contributed by atoms with Crippen LogP contribution in [0.5, 0.6) is 0 Å². The Morgan fingerprint density at radius 3 is 1.79 bits per heavy atom. The Labute approximate surface area is 115 Å². The molecule has 0 aliphatic rings. The van der Waals surface area contributed by atoms with Gasteiger partial charge in [-0.25, -0.2) is 0 Å². The van der Waals surface area contributed by atoms with Gasteiger partial charge in [-0.3, -0.25) is 4.98 Å². The molecule has 0 amide bonds. The summed E-state index contributed by atoms with van der Waals surface area (Å²) < 4.78 is 0. The lowest BCUT2D eigenvalue weighted by atomic mass is 9.95. The molecule has 0 fully saturated rings. The number of nitrogens with two attached hydrogens (primary N) is 1. The van der Waals surface area contributed by atoms with Crippen molar-refractivity contribution in [3.8, 4) is 0 Å². The number of hydrogen-bond acceptors (Lipinski definition) is 2. The van der Waals surface area contributed by atoms with Crippen molar-refractivity contribution in [3.05, 3.63) is 64.5 Å². The average Bonchev–Trinajstić information content (AvgIpc) is 2.37. The fourth-order valence-corrected chi connectivity index (χ4v) is 2.33. The van der Waals surface area contributed by atoms with Crippen molar-refractivity contribution in [2.24, 2.45) is 5.73 Å². The molecule has 2 N–H and O–H groups in total. The van der Waals surface area contributed by atoms with E-state index in [1.807, 2.05) is 13.8 Å². The number of rotatable bonds is 3. The Morgan fingerprint density at radius 2 is 1.32 bits per heavy atom. The number of benzene rings is 1. The van der Waals surface area contributed by atoms with Crippen LogP contribution in [0, 0.1) is 13.8 Å². The van der Waals surface area contributed by atoms with Gasteiger partial charge in [-0.05, 0) is 48.6 Å². The zero-order valence-corrected chi connectivity index (χ0v) is 12.1. The van der Waals surface area contributed by atoms with Crippen molar-refractivity contribution < 1.29 is 0 Å². The van der Waals surface area contributed by atoms with Gasteiger partial charge in [-0.2, -0.15) is 0 Å². The van der Waals surface area contributed by atoms with Crippen molar-refractivity contribution in [3.63, 3.8) is 0 Å². The van der Waals surface area contributed by atoms with Gasteiger partial charge in [0.05, 0.1) is 6.04 Å². The zero-order valence-electron chi connectivity index (χ0n) is 12.1. The third-order valence-corrected chi connectivity index (χ3v) is 3.43. The predicted octanol–water partition coefficient (Wildman–Crippen LogP) is 3.87. The normalized spacial score (nSPS) is 12.7. The molecule has 100 valence electrons. The molecular weight excluding hydrogens is 232 g/mol. The van der Waals surface area contributed by atoms with Crippen LogP contribution in [0.15, 0.2) is 36.4 Å². The molecule has 1 unspecified atom stereocenters. The fourth-order valence-electron chi connectivity index (χ4n) is 2.33. The molecule has 1 heterocycles. The Morgan fingerprint density at radius 1 is 0.842 bits per heavy atom. The third kappa shape index (κ3) is 3.21. The molecule has 0 aliphatic carbocycles. The van der Waals surface area contributed by atoms with E-state index in [2.05, 4.69) is 55.2 Å². The first-order valence-electron chi connectivity index (χ1n) is 6.78. The van der Waals surface area contributed by atoms with E-state index in [4.69, 9.17) is 5.73 Å². The number of aromatic nitrogens is 1. The highest BCUT2D eigenvalue weighted by atomic mass is 14.7. The summed E-state index contributed by atoms with van der Waals surface area (Å²) in [4.78, 5) is 4.39. The molecule has 19 heavy (non-hydrogen) atoms. The van der Waals surface area contributed by atoms with E-state index in [1.54, 1.807) is 0 Å². The SMILES string of the molecule is Cc1cc(C(N)c2ccc(C(C)C)cc2)cc(C)n1. The molecule has 2 rings (SSSR count). The number of nitrogens with zero attached hydrogens (tertiary/aromatic N) is 1. The molecule has 2 nitrogen and oxygen atoms in total. The van der Waals surface area contributed by atoms with E-state index >= 15 is 0 Å². The van der Waals surface area contributed by atoms with Gasteiger partial charge in [-0.15, -0.1) is 0 Å². The van der Waals surface area contributed by atoms with Gasteiger partial charge in [-0.1, -0.05) is 38.1 Å². The lowest BCUT2D eigenvalue weighted by Gasteiger charge is -2.15. The zero-order chi connectivity index (χ0) is 14.0. The monoisotopic (exact) mass is 254 g/mol. The van der Waals surface area contributed by atoms with Crippen molar-refractivity contribution in [2.75, 3.05) is 0 Å². The van der Waals surface area contributed by atoms with Gasteiger partial charge in [0.15, 0.2) is 0 Å².